The van der Waals surface area contributed by atoms with Crippen LogP contribution in [0.2, 0.25) is 0 Å². The fourth-order valence-electron chi connectivity index (χ4n) is 2.91. The summed E-state index contributed by atoms with van der Waals surface area (Å²) in [6, 6.07) is 3.89. The van der Waals surface area contributed by atoms with E-state index in [0.29, 0.717) is 22.4 Å². The summed E-state index contributed by atoms with van der Waals surface area (Å²) in [7, 11) is 0. The Labute approximate surface area is 129 Å². The number of thiophene rings is 1. The molecule has 21 heavy (non-hydrogen) atoms. The Balaban J connectivity index is 1.90. The topological polar surface area (TPSA) is 59.2 Å². The number of rotatable bonds is 2. The van der Waals surface area contributed by atoms with Gasteiger partial charge in [-0.1, -0.05) is 13.8 Å². The molecular formula is C16H21N3OS. The minimum Gasteiger partial charge on any atom is -0.397 e. The van der Waals surface area contributed by atoms with Gasteiger partial charge in [0.1, 0.15) is 9.71 Å². The second-order valence-electron chi connectivity index (χ2n) is 6.19. The van der Waals surface area contributed by atoms with Gasteiger partial charge < -0.3 is 10.6 Å². The fraction of sp³-hybridized carbons (Fsp3) is 0.500. The number of hydrogen-bond acceptors (Lipinski definition) is 4. The zero-order chi connectivity index (χ0) is 15.1. The zero-order valence-electron chi connectivity index (χ0n) is 12.7. The molecule has 0 aliphatic carbocycles. The maximum atomic E-state index is 12.7. The molecule has 1 saturated heterocycles. The fourth-order valence-corrected chi connectivity index (χ4v) is 4.02. The molecule has 2 N–H and O–H groups in total. The summed E-state index contributed by atoms with van der Waals surface area (Å²) in [5.74, 6) is 1.29. The van der Waals surface area contributed by atoms with Crippen molar-refractivity contribution >= 4 is 33.1 Å². The number of carbonyl (C=O) groups excluding carboxylic acids is 1. The van der Waals surface area contributed by atoms with Gasteiger partial charge in [-0.25, -0.2) is 4.98 Å². The van der Waals surface area contributed by atoms with Gasteiger partial charge in [0.05, 0.1) is 5.69 Å². The summed E-state index contributed by atoms with van der Waals surface area (Å²) >= 11 is 1.42. The predicted molar refractivity (Wildman–Crippen MR) is 87.6 cm³/mol. The first-order valence-corrected chi connectivity index (χ1v) is 8.24. The molecule has 0 radical (unpaired) electrons. The first-order chi connectivity index (χ1) is 9.97. The molecule has 1 fully saturated rings. The molecule has 2 aromatic heterocycles. The Morgan fingerprint density at radius 1 is 1.48 bits per heavy atom. The van der Waals surface area contributed by atoms with Gasteiger partial charge in [-0.05, 0) is 37.3 Å². The molecule has 2 aromatic rings. The molecule has 3 heterocycles. The second-order valence-corrected chi connectivity index (χ2v) is 7.19. The third-order valence-corrected chi connectivity index (χ3v) is 5.49. The first kappa shape index (κ1) is 14.3. The van der Waals surface area contributed by atoms with Crippen LogP contribution in [-0.2, 0) is 0 Å². The van der Waals surface area contributed by atoms with Crippen LogP contribution in [0.25, 0.3) is 10.2 Å². The van der Waals surface area contributed by atoms with Crippen LogP contribution >= 0.6 is 11.3 Å². The van der Waals surface area contributed by atoms with E-state index in [9.17, 15) is 4.79 Å². The largest absolute Gasteiger partial charge is 0.397 e. The SMILES string of the molecule is Cc1ccc2c(N)c(C(=O)N3CCC(C(C)C)C3)sc2n1. The Kier molecular flexibility index (Phi) is 3.61. The number of amides is 1. The molecule has 0 spiro atoms. The van der Waals surface area contributed by atoms with Gasteiger partial charge in [-0.15, -0.1) is 11.3 Å². The van der Waals surface area contributed by atoms with Crippen LogP contribution in [0, 0.1) is 18.8 Å². The molecule has 0 aromatic carbocycles. The number of carbonyl (C=O) groups is 1. The van der Waals surface area contributed by atoms with Crippen molar-refractivity contribution in [2.45, 2.75) is 27.2 Å². The van der Waals surface area contributed by atoms with Gasteiger partial charge >= 0.3 is 0 Å². The minimum atomic E-state index is 0.0660. The molecule has 112 valence electrons. The summed E-state index contributed by atoms with van der Waals surface area (Å²) in [6.45, 7) is 8.07. The van der Waals surface area contributed by atoms with Crippen LogP contribution in [0.1, 0.15) is 35.6 Å². The highest BCUT2D eigenvalue weighted by Crippen LogP contribution is 2.35. The molecule has 1 atom stereocenters. The summed E-state index contributed by atoms with van der Waals surface area (Å²) in [4.78, 5) is 20.6. The van der Waals surface area contributed by atoms with Crippen molar-refractivity contribution in [3.63, 3.8) is 0 Å². The van der Waals surface area contributed by atoms with Crippen molar-refractivity contribution in [3.05, 3.63) is 22.7 Å². The molecule has 1 amide bonds. The standard InChI is InChI=1S/C16H21N3OS/c1-9(2)11-6-7-19(8-11)16(20)14-13(17)12-5-4-10(3)18-15(12)21-14/h4-5,9,11H,6-8,17H2,1-3H3. The highest BCUT2D eigenvalue weighted by Gasteiger charge is 2.30. The van der Waals surface area contributed by atoms with Gasteiger partial charge in [0.2, 0.25) is 0 Å². The third kappa shape index (κ3) is 2.50. The molecule has 0 saturated carbocycles. The van der Waals surface area contributed by atoms with Crippen LogP contribution in [0.4, 0.5) is 5.69 Å². The second kappa shape index (κ2) is 5.30. The Morgan fingerprint density at radius 2 is 2.24 bits per heavy atom. The van der Waals surface area contributed by atoms with Crippen LogP contribution in [0.3, 0.4) is 0 Å². The van der Waals surface area contributed by atoms with Crippen LogP contribution in [0.15, 0.2) is 12.1 Å². The molecule has 3 rings (SSSR count). The number of aromatic nitrogens is 1. The highest BCUT2D eigenvalue weighted by atomic mass is 32.1. The normalized spacial score (nSPS) is 18.9. The Morgan fingerprint density at radius 3 is 2.90 bits per heavy atom. The number of nitrogens with zero attached hydrogens (tertiary/aromatic N) is 2. The predicted octanol–water partition coefficient (Wildman–Crippen LogP) is 3.31. The number of fused-ring (bicyclic) bond motifs is 1. The van der Waals surface area contributed by atoms with Crippen LogP contribution < -0.4 is 5.73 Å². The lowest BCUT2D eigenvalue weighted by molar-refractivity contribution is 0.0790. The zero-order valence-corrected chi connectivity index (χ0v) is 13.5. The number of anilines is 1. The van der Waals surface area contributed by atoms with Gasteiger partial charge in [0.25, 0.3) is 5.91 Å². The molecule has 5 heteroatoms. The van der Waals surface area contributed by atoms with Gasteiger partial charge in [0.15, 0.2) is 0 Å². The van der Waals surface area contributed by atoms with Crippen molar-refractivity contribution in [1.29, 1.82) is 0 Å². The van der Waals surface area contributed by atoms with E-state index in [1.807, 2.05) is 24.0 Å². The highest BCUT2D eigenvalue weighted by molar-refractivity contribution is 7.21. The van der Waals surface area contributed by atoms with Crippen molar-refractivity contribution in [3.8, 4) is 0 Å². The number of likely N-dealkylation sites (tertiary alicyclic amines) is 1. The van der Waals surface area contributed by atoms with E-state index in [1.165, 1.54) is 11.3 Å². The minimum absolute atomic E-state index is 0.0660. The average molecular weight is 303 g/mol. The van der Waals surface area contributed by atoms with E-state index in [4.69, 9.17) is 5.73 Å². The Hall–Kier alpha value is -1.62. The summed E-state index contributed by atoms with van der Waals surface area (Å²) in [5.41, 5.74) is 7.71. The molecular weight excluding hydrogens is 282 g/mol. The molecule has 1 unspecified atom stereocenters. The van der Waals surface area contributed by atoms with Crippen LogP contribution in [0.5, 0.6) is 0 Å². The van der Waals surface area contributed by atoms with Gasteiger partial charge in [0, 0.05) is 24.2 Å². The van der Waals surface area contributed by atoms with Crippen LogP contribution in [-0.4, -0.2) is 28.9 Å². The molecule has 0 bridgehead atoms. The van der Waals surface area contributed by atoms with E-state index in [-0.39, 0.29) is 5.91 Å². The van der Waals surface area contributed by atoms with E-state index >= 15 is 0 Å². The summed E-state index contributed by atoms with van der Waals surface area (Å²) in [6.07, 6.45) is 1.09. The summed E-state index contributed by atoms with van der Waals surface area (Å²) < 4.78 is 0. The smallest absolute Gasteiger partial charge is 0.266 e. The van der Waals surface area contributed by atoms with E-state index in [2.05, 4.69) is 18.8 Å². The molecule has 4 nitrogen and oxygen atoms in total. The van der Waals surface area contributed by atoms with Crippen molar-refractivity contribution in [1.82, 2.24) is 9.88 Å². The van der Waals surface area contributed by atoms with Crippen molar-refractivity contribution in [2.75, 3.05) is 18.8 Å². The van der Waals surface area contributed by atoms with E-state index < -0.39 is 0 Å². The maximum absolute atomic E-state index is 12.7. The average Bonchev–Trinajstić information content (AvgIpc) is 3.03. The van der Waals surface area contributed by atoms with Crippen molar-refractivity contribution in [2.24, 2.45) is 11.8 Å². The van der Waals surface area contributed by atoms with Gasteiger partial charge in [-0.2, -0.15) is 0 Å². The number of hydrogen-bond donors (Lipinski definition) is 1. The third-order valence-electron chi connectivity index (χ3n) is 4.38. The quantitative estimate of drug-likeness (QED) is 0.926. The molecule has 1 aliphatic rings. The van der Waals surface area contributed by atoms with E-state index in [1.54, 1.807) is 0 Å². The monoisotopic (exact) mass is 303 g/mol. The maximum Gasteiger partial charge on any atom is 0.266 e. The van der Waals surface area contributed by atoms with Crippen molar-refractivity contribution < 1.29 is 4.79 Å². The number of aryl methyl sites for hydroxylation is 1. The van der Waals surface area contributed by atoms with E-state index in [0.717, 1.165) is 35.4 Å². The lowest BCUT2D eigenvalue weighted by Gasteiger charge is -2.17. The molecule has 1 aliphatic heterocycles. The lowest BCUT2D eigenvalue weighted by atomic mass is 9.95. The number of pyridine rings is 1. The number of nitrogen functional groups attached to an aromatic ring is 1. The van der Waals surface area contributed by atoms with Gasteiger partial charge in [-0.3, -0.25) is 4.79 Å². The first-order valence-electron chi connectivity index (χ1n) is 7.42. The lowest BCUT2D eigenvalue weighted by Crippen LogP contribution is -2.29. The Bertz CT molecular complexity index is 692. The number of nitrogens with two attached hydrogens (primary N) is 1. The summed E-state index contributed by atoms with van der Waals surface area (Å²) in [5, 5.41) is 0.897.